The van der Waals surface area contributed by atoms with E-state index in [0.717, 1.165) is 36.3 Å². The van der Waals surface area contributed by atoms with Crippen LogP contribution in [0, 0.1) is 6.92 Å². The Balaban J connectivity index is 1.56. The normalized spacial score (nSPS) is 18.0. The number of carbonyl (C=O) groups excluding carboxylic acids is 1. The maximum absolute atomic E-state index is 12.8. The summed E-state index contributed by atoms with van der Waals surface area (Å²) in [6, 6.07) is 3.94. The summed E-state index contributed by atoms with van der Waals surface area (Å²) >= 11 is 0. The second kappa shape index (κ2) is 6.03. The highest BCUT2D eigenvalue weighted by atomic mass is 16.2. The summed E-state index contributed by atoms with van der Waals surface area (Å²) < 4.78 is 1.91. The molecule has 122 valence electrons. The number of amides is 1. The molecule has 0 aromatic carbocycles. The maximum Gasteiger partial charge on any atom is 0.274 e. The molecular formula is C18H19N5O. The number of hydrogen-bond donors (Lipinski definition) is 0. The zero-order valence-electron chi connectivity index (χ0n) is 13.6. The van der Waals surface area contributed by atoms with E-state index in [4.69, 9.17) is 0 Å². The fraction of sp³-hybridized carbons (Fsp3) is 0.333. The standard InChI is InChI=1S/C18H19N5O/c1-13-4-5-17-21-16(12-23(17)10-13)18(24)22-8-2-3-14(11-22)15-9-19-6-7-20-15/h4-7,9-10,12,14H,2-3,8,11H2,1H3/t14-/m0/s1. The number of piperidine rings is 1. The summed E-state index contributed by atoms with van der Waals surface area (Å²) in [4.78, 5) is 27.7. The predicted octanol–water partition coefficient (Wildman–Crippen LogP) is 2.45. The first-order valence-corrected chi connectivity index (χ1v) is 8.21. The SMILES string of the molecule is Cc1ccc2nc(C(=O)N3CCC[C@H](c4cnccn4)C3)cn2c1. The summed E-state index contributed by atoms with van der Waals surface area (Å²) in [6.07, 6.45) is 11.0. The number of carbonyl (C=O) groups is 1. The molecule has 24 heavy (non-hydrogen) atoms. The van der Waals surface area contributed by atoms with Gasteiger partial charge in [-0.2, -0.15) is 0 Å². The van der Waals surface area contributed by atoms with Gasteiger partial charge in [0.25, 0.3) is 5.91 Å². The molecule has 1 saturated heterocycles. The number of likely N-dealkylation sites (tertiary alicyclic amines) is 1. The van der Waals surface area contributed by atoms with Crippen molar-refractivity contribution in [3.8, 4) is 0 Å². The summed E-state index contributed by atoms with van der Waals surface area (Å²) in [7, 11) is 0. The van der Waals surface area contributed by atoms with Gasteiger partial charge in [0.1, 0.15) is 11.3 Å². The molecular weight excluding hydrogens is 302 g/mol. The van der Waals surface area contributed by atoms with E-state index in [9.17, 15) is 4.79 Å². The van der Waals surface area contributed by atoms with Crippen molar-refractivity contribution in [1.29, 1.82) is 0 Å². The second-order valence-corrected chi connectivity index (χ2v) is 6.32. The Bertz CT molecular complexity index is 874. The number of imidazole rings is 1. The van der Waals surface area contributed by atoms with E-state index in [2.05, 4.69) is 15.0 Å². The smallest absolute Gasteiger partial charge is 0.274 e. The third kappa shape index (κ3) is 2.75. The van der Waals surface area contributed by atoms with Crippen molar-refractivity contribution >= 4 is 11.6 Å². The Kier molecular flexibility index (Phi) is 3.72. The lowest BCUT2D eigenvalue weighted by molar-refractivity contribution is 0.0700. The van der Waals surface area contributed by atoms with Gasteiger partial charge in [0, 0.05) is 50.0 Å². The van der Waals surface area contributed by atoms with Crippen molar-refractivity contribution in [2.75, 3.05) is 13.1 Å². The van der Waals surface area contributed by atoms with Crippen LogP contribution in [0.1, 0.15) is 40.5 Å². The van der Waals surface area contributed by atoms with Gasteiger partial charge in [-0.25, -0.2) is 4.98 Å². The minimum atomic E-state index is -0.00931. The number of aryl methyl sites for hydroxylation is 1. The van der Waals surface area contributed by atoms with Crippen LogP contribution in [0.3, 0.4) is 0 Å². The molecule has 6 heteroatoms. The van der Waals surface area contributed by atoms with Gasteiger partial charge in [0.05, 0.1) is 5.69 Å². The number of aromatic nitrogens is 4. The highest BCUT2D eigenvalue weighted by molar-refractivity contribution is 5.93. The van der Waals surface area contributed by atoms with Crippen LogP contribution in [0.2, 0.25) is 0 Å². The number of rotatable bonds is 2. The van der Waals surface area contributed by atoms with E-state index in [-0.39, 0.29) is 11.8 Å². The molecule has 6 nitrogen and oxygen atoms in total. The number of pyridine rings is 1. The third-order valence-corrected chi connectivity index (χ3v) is 4.53. The summed E-state index contributed by atoms with van der Waals surface area (Å²) in [6.45, 7) is 3.46. The fourth-order valence-corrected chi connectivity index (χ4v) is 3.29. The first-order chi connectivity index (χ1) is 11.7. The van der Waals surface area contributed by atoms with Crippen molar-refractivity contribution in [2.24, 2.45) is 0 Å². The molecule has 3 aromatic heterocycles. The van der Waals surface area contributed by atoms with Gasteiger partial charge in [-0.05, 0) is 31.4 Å². The van der Waals surface area contributed by atoms with Crippen molar-refractivity contribution in [3.63, 3.8) is 0 Å². The van der Waals surface area contributed by atoms with Gasteiger partial charge in [0.2, 0.25) is 0 Å². The summed E-state index contributed by atoms with van der Waals surface area (Å²) in [5.74, 6) is 0.237. The van der Waals surface area contributed by atoms with E-state index in [1.807, 2.05) is 40.8 Å². The van der Waals surface area contributed by atoms with Gasteiger partial charge >= 0.3 is 0 Å². The quantitative estimate of drug-likeness (QED) is 0.727. The van der Waals surface area contributed by atoms with Crippen LogP contribution in [-0.4, -0.2) is 43.2 Å². The largest absolute Gasteiger partial charge is 0.337 e. The van der Waals surface area contributed by atoms with Crippen LogP contribution in [0.25, 0.3) is 5.65 Å². The molecule has 0 aliphatic carbocycles. The second-order valence-electron chi connectivity index (χ2n) is 6.32. The molecule has 1 aliphatic rings. The van der Waals surface area contributed by atoms with Crippen LogP contribution in [0.4, 0.5) is 0 Å². The molecule has 4 heterocycles. The molecule has 1 amide bonds. The molecule has 1 aliphatic heterocycles. The van der Waals surface area contributed by atoms with Gasteiger partial charge in [0.15, 0.2) is 0 Å². The molecule has 0 radical (unpaired) electrons. The van der Waals surface area contributed by atoms with E-state index < -0.39 is 0 Å². The lowest BCUT2D eigenvalue weighted by atomic mass is 9.95. The highest BCUT2D eigenvalue weighted by Gasteiger charge is 2.27. The van der Waals surface area contributed by atoms with Gasteiger partial charge in [-0.3, -0.25) is 14.8 Å². The van der Waals surface area contributed by atoms with Gasteiger partial charge in [-0.1, -0.05) is 6.07 Å². The number of fused-ring (bicyclic) bond motifs is 1. The zero-order chi connectivity index (χ0) is 16.5. The zero-order valence-corrected chi connectivity index (χ0v) is 13.6. The maximum atomic E-state index is 12.8. The molecule has 4 rings (SSSR count). The first kappa shape index (κ1) is 14.8. The molecule has 0 unspecified atom stereocenters. The molecule has 0 N–H and O–H groups in total. The lowest BCUT2D eigenvalue weighted by Crippen LogP contribution is -2.39. The Morgan fingerprint density at radius 1 is 1.25 bits per heavy atom. The Hall–Kier alpha value is -2.76. The average Bonchev–Trinajstić information content (AvgIpc) is 3.05. The van der Waals surface area contributed by atoms with Gasteiger partial charge in [-0.15, -0.1) is 0 Å². The van der Waals surface area contributed by atoms with Crippen LogP contribution in [0.15, 0.2) is 43.1 Å². The molecule has 0 saturated carbocycles. The highest BCUT2D eigenvalue weighted by Crippen LogP contribution is 2.25. The molecule has 3 aromatic rings. The van der Waals surface area contributed by atoms with Crippen molar-refractivity contribution in [3.05, 3.63) is 60.1 Å². The molecule has 1 fully saturated rings. The molecule has 0 spiro atoms. The van der Waals surface area contributed by atoms with E-state index >= 15 is 0 Å². The monoisotopic (exact) mass is 321 g/mol. The van der Waals surface area contributed by atoms with E-state index in [1.165, 1.54) is 0 Å². The summed E-state index contributed by atoms with van der Waals surface area (Å²) in [5.41, 5.74) is 3.40. The average molecular weight is 321 g/mol. The Morgan fingerprint density at radius 2 is 2.17 bits per heavy atom. The van der Waals surface area contributed by atoms with Crippen LogP contribution < -0.4 is 0 Å². The fourth-order valence-electron chi connectivity index (χ4n) is 3.29. The minimum absolute atomic E-state index is 0.00931. The molecule has 0 bridgehead atoms. The summed E-state index contributed by atoms with van der Waals surface area (Å²) in [5, 5.41) is 0. The van der Waals surface area contributed by atoms with Gasteiger partial charge < -0.3 is 9.30 Å². The van der Waals surface area contributed by atoms with Crippen molar-refractivity contribution in [1.82, 2.24) is 24.3 Å². The molecule has 1 atom stereocenters. The first-order valence-electron chi connectivity index (χ1n) is 8.21. The number of hydrogen-bond acceptors (Lipinski definition) is 4. The Morgan fingerprint density at radius 3 is 3.00 bits per heavy atom. The van der Waals surface area contributed by atoms with E-state index in [1.54, 1.807) is 18.6 Å². The predicted molar refractivity (Wildman–Crippen MR) is 89.8 cm³/mol. The van der Waals surface area contributed by atoms with Crippen molar-refractivity contribution < 1.29 is 4.79 Å². The van der Waals surface area contributed by atoms with Crippen LogP contribution >= 0.6 is 0 Å². The topological polar surface area (TPSA) is 63.4 Å². The van der Waals surface area contributed by atoms with Crippen molar-refractivity contribution in [2.45, 2.75) is 25.7 Å². The Labute approximate surface area is 140 Å². The third-order valence-electron chi connectivity index (χ3n) is 4.53. The van der Waals surface area contributed by atoms with Crippen LogP contribution in [-0.2, 0) is 0 Å². The lowest BCUT2D eigenvalue weighted by Gasteiger charge is -2.31. The van der Waals surface area contributed by atoms with Crippen LogP contribution in [0.5, 0.6) is 0 Å². The van der Waals surface area contributed by atoms with E-state index in [0.29, 0.717) is 12.2 Å². The number of nitrogens with zero attached hydrogens (tertiary/aromatic N) is 5. The minimum Gasteiger partial charge on any atom is -0.337 e.